The van der Waals surface area contributed by atoms with Gasteiger partial charge in [0.05, 0.1) is 6.16 Å². The lowest BCUT2D eigenvalue weighted by Gasteiger charge is -2.20. The Morgan fingerprint density at radius 2 is 2.00 bits per heavy atom. The van der Waals surface area contributed by atoms with Gasteiger partial charge in [0.1, 0.15) is 18.1 Å². The molecule has 94 valence electrons. The third-order valence-corrected chi connectivity index (χ3v) is 4.14. The van der Waals surface area contributed by atoms with E-state index in [9.17, 15) is 9.36 Å². The van der Waals surface area contributed by atoms with E-state index < -0.39 is 13.7 Å². The highest BCUT2D eigenvalue weighted by Gasteiger charge is 2.27. The first-order valence-corrected chi connectivity index (χ1v) is 7.30. The van der Waals surface area contributed by atoms with Gasteiger partial charge in [0.25, 0.3) is 0 Å². The van der Waals surface area contributed by atoms with Crippen molar-refractivity contribution in [1.29, 1.82) is 0 Å². The van der Waals surface area contributed by atoms with Crippen LogP contribution in [0.5, 0.6) is 5.75 Å². The number of hydrogen-bond donors (Lipinski definition) is 0. The molecule has 1 unspecified atom stereocenters. The van der Waals surface area contributed by atoms with E-state index in [1.165, 1.54) is 0 Å². The number of hydrogen-bond acceptors (Lipinski definition) is 4. The Morgan fingerprint density at radius 3 is 2.53 bits per heavy atom. The molecule has 0 bridgehead atoms. The molecule has 0 aliphatic rings. The van der Waals surface area contributed by atoms with Gasteiger partial charge in [-0.15, -0.1) is 0 Å². The number of carbonyl (C=O) groups excluding carboxylic acids is 1. The average molecular weight is 256 g/mol. The largest absolute Gasteiger partial charge is 0.424 e. The molecule has 0 saturated carbocycles. The second kappa shape index (κ2) is 6.58. The second-order valence-corrected chi connectivity index (χ2v) is 5.75. The minimum atomic E-state index is -3.25. The molecule has 0 aliphatic heterocycles. The lowest BCUT2D eigenvalue weighted by Crippen LogP contribution is -2.12. The predicted molar refractivity (Wildman–Crippen MR) is 66.4 cm³/mol. The van der Waals surface area contributed by atoms with Crippen LogP contribution in [0.2, 0.25) is 0 Å². The van der Waals surface area contributed by atoms with Crippen molar-refractivity contribution in [3.8, 4) is 5.75 Å². The molecule has 5 heteroatoms. The maximum atomic E-state index is 12.3. The van der Waals surface area contributed by atoms with Gasteiger partial charge in [-0.25, -0.2) is 4.57 Å². The topological polar surface area (TPSA) is 52.6 Å². The molecule has 0 spiro atoms. The zero-order valence-corrected chi connectivity index (χ0v) is 10.9. The first kappa shape index (κ1) is 13.9. The zero-order valence-electron chi connectivity index (χ0n) is 10.0. The van der Waals surface area contributed by atoms with Crippen molar-refractivity contribution >= 4 is 13.9 Å². The normalized spacial score (nSPS) is 15.9. The van der Waals surface area contributed by atoms with Gasteiger partial charge in [0.15, 0.2) is 0 Å². The Bertz CT molecular complexity index is 391. The van der Waals surface area contributed by atoms with Crippen molar-refractivity contribution < 1.29 is 18.4 Å². The van der Waals surface area contributed by atoms with E-state index in [1.54, 1.807) is 31.2 Å². The molecule has 0 amide bonds. The summed E-state index contributed by atoms with van der Waals surface area (Å²) in [6.07, 6.45) is 0.836. The van der Waals surface area contributed by atoms with Crippen LogP contribution in [0.4, 0.5) is 0 Å². The van der Waals surface area contributed by atoms with Gasteiger partial charge in [-0.3, -0.25) is 4.52 Å². The molecule has 2 atom stereocenters. The quantitative estimate of drug-likeness (QED) is 0.555. The number of carbonyl (C=O) groups is 1. The molecule has 0 N–H and O–H groups in total. The van der Waals surface area contributed by atoms with Crippen LogP contribution in [-0.2, 0) is 13.9 Å². The van der Waals surface area contributed by atoms with Crippen LogP contribution in [0.3, 0.4) is 0 Å². The summed E-state index contributed by atoms with van der Waals surface area (Å²) in [5.74, 6) is 0.488. The predicted octanol–water partition coefficient (Wildman–Crippen LogP) is 3.27. The summed E-state index contributed by atoms with van der Waals surface area (Å²) in [6, 6.07) is 8.82. The molecule has 0 aliphatic carbocycles. The Hall–Kier alpha value is -1.12. The molecule has 0 heterocycles. The summed E-state index contributed by atoms with van der Waals surface area (Å²) in [6.45, 7) is 3.43. The van der Waals surface area contributed by atoms with E-state index in [2.05, 4.69) is 0 Å². The van der Waals surface area contributed by atoms with Crippen molar-refractivity contribution in [3.05, 3.63) is 30.3 Å². The summed E-state index contributed by atoms with van der Waals surface area (Å²) in [4.78, 5) is 10.5. The molecule has 0 aromatic heterocycles. The van der Waals surface area contributed by atoms with E-state index in [1.807, 2.05) is 13.0 Å². The standard InChI is InChI=1S/C12H17O4P/c1-3-9-17(14,15-11(2)10-13)16-12-7-5-4-6-8-12/h4-8,10-11H,3,9H2,1-2H3/t11-,17?/m0/s1. The molecule has 17 heavy (non-hydrogen) atoms. The molecule has 1 aromatic rings. The van der Waals surface area contributed by atoms with Gasteiger partial charge in [-0.2, -0.15) is 0 Å². The maximum Gasteiger partial charge on any atom is 0.379 e. The minimum Gasteiger partial charge on any atom is -0.424 e. The third-order valence-electron chi connectivity index (χ3n) is 2.00. The number of rotatable bonds is 7. The van der Waals surface area contributed by atoms with E-state index >= 15 is 0 Å². The summed E-state index contributed by atoms with van der Waals surface area (Å²) in [5.41, 5.74) is 0. The van der Waals surface area contributed by atoms with Crippen LogP contribution in [0.25, 0.3) is 0 Å². The van der Waals surface area contributed by atoms with Crippen molar-refractivity contribution in [2.45, 2.75) is 26.4 Å². The average Bonchev–Trinajstić information content (AvgIpc) is 2.30. The van der Waals surface area contributed by atoms with Crippen LogP contribution in [0.15, 0.2) is 30.3 Å². The second-order valence-electron chi connectivity index (χ2n) is 3.69. The molecule has 1 aromatic carbocycles. The first-order chi connectivity index (χ1) is 8.09. The molecular weight excluding hydrogens is 239 g/mol. The minimum absolute atomic E-state index is 0.292. The Labute approximate surface area is 101 Å². The number of para-hydroxylation sites is 1. The first-order valence-electron chi connectivity index (χ1n) is 5.57. The van der Waals surface area contributed by atoms with Crippen molar-refractivity contribution in [3.63, 3.8) is 0 Å². The Balaban J connectivity index is 2.78. The molecule has 1 rings (SSSR count). The summed E-state index contributed by atoms with van der Waals surface area (Å²) < 4.78 is 22.9. The fraction of sp³-hybridized carbons (Fsp3) is 0.417. The van der Waals surface area contributed by atoms with E-state index in [-0.39, 0.29) is 0 Å². The fourth-order valence-electron chi connectivity index (χ4n) is 1.31. The SMILES string of the molecule is CCCP(=O)(Oc1ccccc1)O[C@@H](C)C=O. The van der Waals surface area contributed by atoms with Crippen LogP contribution < -0.4 is 4.52 Å². The van der Waals surface area contributed by atoms with Crippen LogP contribution in [-0.4, -0.2) is 18.6 Å². The highest BCUT2D eigenvalue weighted by Crippen LogP contribution is 2.49. The van der Waals surface area contributed by atoms with Crippen LogP contribution in [0, 0.1) is 0 Å². The molecule has 0 fully saturated rings. The molecule has 4 nitrogen and oxygen atoms in total. The lowest BCUT2D eigenvalue weighted by atomic mass is 10.3. The number of benzene rings is 1. The Morgan fingerprint density at radius 1 is 1.35 bits per heavy atom. The van der Waals surface area contributed by atoms with Gasteiger partial charge in [0, 0.05) is 0 Å². The highest BCUT2D eigenvalue weighted by molar-refractivity contribution is 7.54. The van der Waals surface area contributed by atoms with E-state index in [4.69, 9.17) is 9.05 Å². The monoisotopic (exact) mass is 256 g/mol. The molecular formula is C12H17O4P. The zero-order chi connectivity index (χ0) is 12.7. The lowest BCUT2D eigenvalue weighted by molar-refractivity contribution is -0.113. The van der Waals surface area contributed by atoms with Gasteiger partial charge in [0.2, 0.25) is 0 Å². The van der Waals surface area contributed by atoms with Gasteiger partial charge in [-0.1, -0.05) is 25.1 Å². The molecule has 0 saturated heterocycles. The van der Waals surface area contributed by atoms with Gasteiger partial charge < -0.3 is 9.32 Å². The van der Waals surface area contributed by atoms with Crippen LogP contribution >= 0.6 is 7.60 Å². The van der Waals surface area contributed by atoms with Crippen molar-refractivity contribution in [2.24, 2.45) is 0 Å². The summed E-state index contributed by atoms with van der Waals surface area (Å²) in [7, 11) is -3.25. The van der Waals surface area contributed by atoms with E-state index in [0.29, 0.717) is 24.6 Å². The fourth-order valence-corrected chi connectivity index (χ4v) is 3.10. The van der Waals surface area contributed by atoms with Crippen molar-refractivity contribution in [1.82, 2.24) is 0 Å². The van der Waals surface area contributed by atoms with Crippen LogP contribution in [0.1, 0.15) is 20.3 Å². The van der Waals surface area contributed by atoms with Crippen molar-refractivity contribution in [2.75, 3.05) is 6.16 Å². The maximum absolute atomic E-state index is 12.3. The Kier molecular flexibility index (Phi) is 5.39. The molecule has 0 radical (unpaired) electrons. The van der Waals surface area contributed by atoms with Gasteiger partial charge >= 0.3 is 7.60 Å². The summed E-state index contributed by atoms with van der Waals surface area (Å²) >= 11 is 0. The summed E-state index contributed by atoms with van der Waals surface area (Å²) in [5, 5.41) is 0. The smallest absolute Gasteiger partial charge is 0.379 e. The highest BCUT2D eigenvalue weighted by atomic mass is 31.2. The number of aldehydes is 1. The van der Waals surface area contributed by atoms with Gasteiger partial charge in [-0.05, 0) is 25.5 Å². The third kappa shape index (κ3) is 4.72. The van der Waals surface area contributed by atoms with E-state index in [0.717, 1.165) is 0 Å².